The van der Waals surface area contributed by atoms with E-state index < -0.39 is 81.4 Å². The monoisotopic (exact) mass is 1780 g/mol. The summed E-state index contributed by atoms with van der Waals surface area (Å²) in [5.74, 6) is 0.0204. The third-order valence-corrected chi connectivity index (χ3v) is 34.5. The van der Waals surface area contributed by atoms with Gasteiger partial charge in [0, 0.05) is 5.56 Å². The molecule has 0 atom stereocenters. The van der Waals surface area contributed by atoms with Crippen LogP contribution in [0.4, 0.5) is 61.5 Å². The highest BCUT2D eigenvalue weighted by atomic mass is 19.2. The standard InChI is InChI=1S/C28H36F2.C26H31F3.C21H29F3.C20H27F3.C19H25F3/c1-3-4-20-5-7-21(8-6-20)22-9-11-23(12-10-22)24-13-15-25(16-14-24)26-17-27(29)19(2)28(30)18-26;1-2-17-3-5-18(6-4-17)19-7-9-20(10-8-19)21-11-13-22(14-12-21)23-15-24(27)26(29)25(28)16-23;1-2-3-14-4-6-15(7-5-14)16-8-10-17(11-9-16)18-12-19(22)21(24)20(23)13-18;1-2-13-3-5-14(6-4-13)15-7-9-16(10-8-15)17-11-18(21)20(23)19(22)12-17;1-12-2-4-13(5-3-12)14-6-8-15(9-7-14)16-10-17(20)19(22)18(21)11-16/h13-18,20-23H,3-12H2,1-2H3;11-20H,2-10H2,1H3;12-17H,2-11H2,1H3;11-16H,2-10H2,1H3;10-15H,2-9H2,1H3. The molecule has 0 radical (unpaired) electrons. The van der Waals surface area contributed by atoms with Crippen LogP contribution in [-0.2, 0) is 0 Å². The summed E-state index contributed by atoms with van der Waals surface area (Å²) < 4.78 is 188. The molecule has 0 unspecified atom stereocenters. The number of benzene rings is 7. The normalized spacial score (nSPS) is 29.9. The van der Waals surface area contributed by atoms with Crippen molar-refractivity contribution in [3.63, 3.8) is 0 Å². The molecule has 0 N–H and O–H groups in total. The van der Waals surface area contributed by atoms with Crippen molar-refractivity contribution in [2.75, 3.05) is 0 Å². The second-order valence-electron chi connectivity index (χ2n) is 42.1. The molecule has 10 aliphatic rings. The van der Waals surface area contributed by atoms with Crippen LogP contribution in [0, 0.1) is 177 Å². The molecule has 702 valence electrons. The lowest BCUT2D eigenvalue weighted by Gasteiger charge is -2.38. The topological polar surface area (TPSA) is 0 Å². The molecule has 0 spiro atoms. The van der Waals surface area contributed by atoms with Crippen molar-refractivity contribution in [3.05, 3.63) is 224 Å². The van der Waals surface area contributed by atoms with Gasteiger partial charge in [-0.3, -0.25) is 0 Å². The Hall–Kier alpha value is -6.44. The van der Waals surface area contributed by atoms with Gasteiger partial charge >= 0.3 is 0 Å². The lowest BCUT2D eigenvalue weighted by atomic mass is 9.68. The van der Waals surface area contributed by atoms with Gasteiger partial charge in [0.05, 0.1) is 0 Å². The number of hydrogen-bond acceptors (Lipinski definition) is 0. The summed E-state index contributed by atoms with van der Waals surface area (Å²) in [6.45, 7) is 13.0. The second-order valence-corrected chi connectivity index (χ2v) is 42.1. The molecule has 17 rings (SSSR count). The van der Waals surface area contributed by atoms with Crippen molar-refractivity contribution in [2.24, 2.45) is 88.8 Å². The third kappa shape index (κ3) is 26.6. The molecular formula is C114H148F14. The summed E-state index contributed by atoms with van der Waals surface area (Å²) in [4.78, 5) is 0. The predicted octanol–water partition coefficient (Wildman–Crippen LogP) is 36.9. The molecule has 0 saturated heterocycles. The molecular weight excluding hydrogens is 1640 g/mol. The van der Waals surface area contributed by atoms with E-state index in [0.29, 0.717) is 45.2 Å². The molecule has 7 aromatic rings. The van der Waals surface area contributed by atoms with E-state index in [9.17, 15) is 61.5 Å². The van der Waals surface area contributed by atoms with Crippen LogP contribution in [0.1, 0.15) is 393 Å². The van der Waals surface area contributed by atoms with Crippen LogP contribution in [-0.4, -0.2) is 0 Å². The number of halogens is 14. The van der Waals surface area contributed by atoms with Crippen molar-refractivity contribution in [3.8, 4) is 22.3 Å². The Morgan fingerprint density at radius 1 is 0.203 bits per heavy atom. The van der Waals surface area contributed by atoms with E-state index in [1.54, 1.807) is 0 Å². The van der Waals surface area contributed by atoms with Crippen LogP contribution in [0.15, 0.2) is 109 Å². The van der Waals surface area contributed by atoms with Crippen molar-refractivity contribution < 1.29 is 61.5 Å². The molecule has 10 fully saturated rings. The van der Waals surface area contributed by atoms with E-state index >= 15 is 0 Å². The number of hydrogen-bond donors (Lipinski definition) is 0. The first-order valence-electron chi connectivity index (χ1n) is 51.0. The van der Waals surface area contributed by atoms with Gasteiger partial charge in [-0.1, -0.05) is 186 Å². The first-order chi connectivity index (χ1) is 61.8. The molecule has 0 amide bonds. The zero-order chi connectivity index (χ0) is 90.7. The first-order valence-corrected chi connectivity index (χ1v) is 51.0. The fourth-order valence-corrected chi connectivity index (χ4v) is 26.1. The Balaban J connectivity index is 0.000000137. The van der Waals surface area contributed by atoms with Crippen LogP contribution < -0.4 is 0 Å². The largest absolute Gasteiger partial charge is 0.207 e. The summed E-state index contributed by atoms with van der Waals surface area (Å²) in [5, 5.41) is 0. The zero-order valence-corrected chi connectivity index (χ0v) is 77.8. The Morgan fingerprint density at radius 2 is 0.391 bits per heavy atom. The maximum Gasteiger partial charge on any atom is 0.194 e. The Bertz CT molecular complexity index is 4410. The molecule has 0 bridgehead atoms. The van der Waals surface area contributed by atoms with Crippen LogP contribution in [0.2, 0.25) is 0 Å². The average molecular weight is 1780 g/mol. The summed E-state index contributed by atoms with van der Waals surface area (Å²) in [5.41, 5.74) is 7.27. The number of rotatable bonds is 18. The lowest BCUT2D eigenvalue weighted by molar-refractivity contribution is 0.156. The molecule has 7 aromatic carbocycles. The molecule has 0 aliphatic heterocycles. The van der Waals surface area contributed by atoms with Gasteiger partial charge in [-0.2, -0.15) is 0 Å². The maximum atomic E-state index is 13.9. The van der Waals surface area contributed by atoms with Crippen molar-refractivity contribution in [1.29, 1.82) is 0 Å². The van der Waals surface area contributed by atoms with Gasteiger partial charge in [0.2, 0.25) is 0 Å². The fourth-order valence-electron chi connectivity index (χ4n) is 26.1. The van der Waals surface area contributed by atoms with Gasteiger partial charge in [-0.05, 0) is 429 Å². The minimum atomic E-state index is -1.41. The van der Waals surface area contributed by atoms with E-state index in [0.717, 1.165) is 184 Å². The van der Waals surface area contributed by atoms with Crippen LogP contribution in [0.25, 0.3) is 22.3 Å². The predicted molar refractivity (Wildman–Crippen MR) is 494 cm³/mol. The summed E-state index contributed by atoms with van der Waals surface area (Å²) in [6, 6.07) is 28.5. The lowest BCUT2D eigenvalue weighted by Crippen LogP contribution is -2.25. The molecule has 0 heterocycles. The zero-order valence-electron chi connectivity index (χ0n) is 77.8. The Labute approximate surface area is 758 Å². The van der Waals surface area contributed by atoms with Crippen LogP contribution in [0.5, 0.6) is 0 Å². The van der Waals surface area contributed by atoms with E-state index in [4.69, 9.17) is 0 Å². The van der Waals surface area contributed by atoms with Gasteiger partial charge in [-0.25, -0.2) is 61.5 Å². The molecule has 128 heavy (non-hydrogen) atoms. The van der Waals surface area contributed by atoms with Crippen molar-refractivity contribution >= 4 is 0 Å². The van der Waals surface area contributed by atoms with Gasteiger partial charge in [0.1, 0.15) is 11.6 Å². The van der Waals surface area contributed by atoms with Gasteiger partial charge in [0.25, 0.3) is 0 Å². The fraction of sp³-hybridized carbons (Fsp3) is 0.632. The smallest absolute Gasteiger partial charge is 0.194 e. The molecule has 10 aliphatic carbocycles. The Kier molecular flexibility index (Phi) is 37.1. The van der Waals surface area contributed by atoms with Gasteiger partial charge < -0.3 is 0 Å². The van der Waals surface area contributed by atoms with Crippen molar-refractivity contribution in [1.82, 2.24) is 0 Å². The van der Waals surface area contributed by atoms with Gasteiger partial charge in [0.15, 0.2) is 69.8 Å². The highest BCUT2D eigenvalue weighted by Crippen LogP contribution is 2.52. The minimum Gasteiger partial charge on any atom is -0.207 e. The quantitative estimate of drug-likeness (QED) is 0.0593. The molecule has 10 saturated carbocycles. The molecule has 0 aromatic heterocycles. The third-order valence-electron chi connectivity index (χ3n) is 34.5. The first kappa shape index (κ1) is 99.0. The maximum absolute atomic E-state index is 13.9. The summed E-state index contributed by atoms with van der Waals surface area (Å²) in [6.07, 6.45) is 59.1. The molecule has 14 heteroatoms. The van der Waals surface area contributed by atoms with Gasteiger partial charge in [-0.15, -0.1) is 0 Å². The van der Waals surface area contributed by atoms with E-state index in [1.807, 2.05) is 24.3 Å². The SMILES string of the molecule is CC1CCC(C2CCC(c3cc(F)c(F)c(F)c3)CC2)CC1.CCC1CCC(C2CCC(c3cc(F)c(F)c(F)c3)CC2)CC1.CCC1CCC(C2CCC(c3ccc(-c4cc(F)c(F)c(F)c4)cc3)CC2)CC1.CCCC1CCC(C2CCC(c3cc(F)c(F)c(F)c3)CC2)CC1.CCCC1CCC(C2CCC(c3ccc(-c4cc(F)c(C)c(F)c4)cc3)CC2)CC1. The highest BCUT2D eigenvalue weighted by Gasteiger charge is 2.38. The van der Waals surface area contributed by atoms with Crippen LogP contribution >= 0.6 is 0 Å². The van der Waals surface area contributed by atoms with Crippen LogP contribution in [0.3, 0.4) is 0 Å². The summed E-state index contributed by atoms with van der Waals surface area (Å²) >= 11 is 0. The van der Waals surface area contributed by atoms with E-state index in [2.05, 4.69) is 58.9 Å². The van der Waals surface area contributed by atoms with E-state index in [1.165, 1.54) is 285 Å². The minimum absolute atomic E-state index is 0.0889. The van der Waals surface area contributed by atoms with Crippen molar-refractivity contribution in [2.45, 2.75) is 366 Å². The summed E-state index contributed by atoms with van der Waals surface area (Å²) in [7, 11) is 0. The second kappa shape index (κ2) is 48.0. The Morgan fingerprint density at radius 3 is 0.609 bits per heavy atom. The van der Waals surface area contributed by atoms with E-state index in [-0.39, 0.29) is 23.3 Å². The molecule has 0 nitrogen and oxygen atoms in total. The highest BCUT2D eigenvalue weighted by molar-refractivity contribution is 5.65. The average Bonchev–Trinajstić information content (AvgIpc) is 0.824.